The van der Waals surface area contributed by atoms with Crippen LogP contribution >= 0.6 is 0 Å². The Labute approximate surface area is 214 Å². The summed E-state index contributed by atoms with van der Waals surface area (Å²) in [6, 6.07) is 9.16. The Bertz CT molecular complexity index is 509. The Balaban J connectivity index is 0.00000900. The number of carboxylic acids is 1. The summed E-state index contributed by atoms with van der Waals surface area (Å²) in [4.78, 5) is 11.3. The topological polar surface area (TPSA) is 52.2 Å². The van der Waals surface area contributed by atoms with Gasteiger partial charge in [0.05, 0.1) is 12.0 Å². The fourth-order valence-corrected chi connectivity index (χ4v) is 4.04. The van der Waals surface area contributed by atoms with Gasteiger partial charge in [0.15, 0.2) is 0 Å². The Morgan fingerprint density at radius 3 is 1.58 bits per heavy atom. The van der Waals surface area contributed by atoms with Crippen molar-refractivity contribution < 1.29 is 39.5 Å². The zero-order valence-corrected chi connectivity index (χ0v) is 22.5. The van der Waals surface area contributed by atoms with Gasteiger partial charge in [0.1, 0.15) is 0 Å². The molecule has 0 fully saturated rings. The molecule has 1 N–H and O–H groups in total. The van der Waals surface area contributed by atoms with Gasteiger partial charge in [0.25, 0.3) is 0 Å². The first-order valence-electron chi connectivity index (χ1n) is 12.7. The van der Waals surface area contributed by atoms with E-state index in [9.17, 15) is 9.90 Å². The van der Waals surface area contributed by atoms with Crippen LogP contribution in [0.1, 0.15) is 115 Å². The van der Waals surface area contributed by atoms with E-state index >= 15 is 0 Å². The zero-order chi connectivity index (χ0) is 21.7. The minimum absolute atomic E-state index is 0. The molecule has 0 amide bonds. The van der Waals surface area contributed by atoms with Crippen LogP contribution < -0.4 is 40.0 Å². The van der Waals surface area contributed by atoms with Gasteiger partial charge in [-0.25, -0.2) is 0 Å². The molecule has 0 unspecified atom stereocenters. The molecular formula is C27H46NNaO2. The molecular weight excluding hydrogens is 393 g/mol. The Hall–Kier alpha value is -0.350. The summed E-state index contributed by atoms with van der Waals surface area (Å²) in [6.07, 6.45) is 22.1. The minimum atomic E-state index is -1.00. The minimum Gasteiger partial charge on any atom is -0.548 e. The quantitative estimate of drug-likeness (QED) is 0.236. The van der Waals surface area contributed by atoms with Gasteiger partial charge in [0, 0.05) is 0 Å². The van der Waals surface area contributed by atoms with Gasteiger partial charge in [-0.2, -0.15) is 0 Å². The van der Waals surface area contributed by atoms with Crippen molar-refractivity contribution in [3.8, 4) is 0 Å². The number of carbonyl (C=O) groups is 1. The molecule has 0 bridgehead atoms. The number of carbonyl (C=O) groups excluding carboxylic acids is 1. The third-order valence-electron chi connectivity index (χ3n) is 5.99. The molecule has 1 aromatic carbocycles. The second-order valence-corrected chi connectivity index (χ2v) is 8.82. The Morgan fingerprint density at radius 2 is 1.16 bits per heavy atom. The van der Waals surface area contributed by atoms with Crippen LogP contribution in [-0.2, 0) is 11.2 Å². The van der Waals surface area contributed by atoms with E-state index in [-0.39, 0.29) is 29.6 Å². The van der Waals surface area contributed by atoms with E-state index < -0.39 is 12.0 Å². The van der Waals surface area contributed by atoms with Gasteiger partial charge < -0.3 is 15.2 Å². The van der Waals surface area contributed by atoms with Crippen LogP contribution in [0.25, 0.3) is 0 Å². The monoisotopic (exact) mass is 439 g/mol. The van der Waals surface area contributed by atoms with Gasteiger partial charge in [-0.3, -0.25) is 0 Å². The first kappa shape index (κ1) is 30.6. The Kier molecular flexibility index (Phi) is 22.6. The first-order valence-corrected chi connectivity index (χ1v) is 12.7. The standard InChI is InChI=1S/C27H47NO2.Na/c1-2-3-4-5-6-7-8-9-10-11-12-13-14-15-16-20-23-28-26(27(29)30)24-25-21-18-17-19-22-25;/h17-19,21-22,26,28H,2-16,20,23-24H2,1H3,(H,29,30);/q;+1/p-1/t26-;/m0./s1. The third-order valence-corrected chi connectivity index (χ3v) is 5.99. The fraction of sp³-hybridized carbons (Fsp3) is 0.741. The number of unbranched alkanes of at least 4 members (excludes halogenated alkanes) is 15. The second kappa shape index (κ2) is 22.8. The second-order valence-electron chi connectivity index (χ2n) is 8.82. The molecule has 0 aliphatic carbocycles. The van der Waals surface area contributed by atoms with E-state index in [2.05, 4.69) is 12.2 Å². The third kappa shape index (κ3) is 18.9. The summed E-state index contributed by atoms with van der Waals surface area (Å²) >= 11 is 0. The van der Waals surface area contributed by atoms with E-state index in [0.717, 1.165) is 18.5 Å². The van der Waals surface area contributed by atoms with Gasteiger partial charge in [0.2, 0.25) is 0 Å². The van der Waals surface area contributed by atoms with Crippen molar-refractivity contribution in [3.05, 3.63) is 35.9 Å². The van der Waals surface area contributed by atoms with Crippen LogP contribution in [0, 0.1) is 0 Å². The molecule has 0 saturated heterocycles. The average molecular weight is 440 g/mol. The number of hydrogen-bond donors (Lipinski definition) is 1. The summed E-state index contributed by atoms with van der Waals surface area (Å²) in [7, 11) is 0. The summed E-state index contributed by atoms with van der Waals surface area (Å²) in [5.74, 6) is -1.00. The van der Waals surface area contributed by atoms with Crippen LogP contribution in [-0.4, -0.2) is 18.6 Å². The maximum absolute atomic E-state index is 11.3. The predicted molar refractivity (Wildman–Crippen MR) is 126 cm³/mol. The number of hydrogen-bond acceptors (Lipinski definition) is 3. The van der Waals surface area contributed by atoms with Gasteiger partial charge in [-0.05, 0) is 24.9 Å². The SMILES string of the molecule is CCCCCCCCCCCCCCCCCCN[C@@H](Cc1ccccc1)C(=O)[O-].[Na+]. The van der Waals surface area contributed by atoms with Crippen LogP contribution in [0.4, 0.5) is 0 Å². The predicted octanol–water partition coefficient (Wildman–Crippen LogP) is 3.20. The molecule has 1 rings (SSSR count). The molecule has 31 heavy (non-hydrogen) atoms. The first-order chi connectivity index (χ1) is 14.7. The number of benzene rings is 1. The van der Waals surface area contributed by atoms with Gasteiger partial charge in [-0.1, -0.05) is 134 Å². The molecule has 1 atom stereocenters. The van der Waals surface area contributed by atoms with Crippen molar-refractivity contribution in [2.45, 2.75) is 122 Å². The molecule has 3 nitrogen and oxygen atoms in total. The van der Waals surface area contributed by atoms with Crippen molar-refractivity contribution in [1.29, 1.82) is 0 Å². The summed E-state index contributed by atoms with van der Waals surface area (Å²) in [5.41, 5.74) is 1.03. The molecule has 172 valence electrons. The molecule has 0 aliphatic rings. The van der Waals surface area contributed by atoms with E-state index in [1.165, 1.54) is 96.3 Å². The van der Waals surface area contributed by atoms with E-state index in [1.807, 2.05) is 30.3 Å². The molecule has 4 heteroatoms. The molecule has 0 saturated carbocycles. The number of aliphatic carboxylic acids is 1. The van der Waals surface area contributed by atoms with Crippen LogP contribution in [0.2, 0.25) is 0 Å². The summed E-state index contributed by atoms with van der Waals surface area (Å²) in [6.45, 7) is 3.03. The molecule has 0 heterocycles. The van der Waals surface area contributed by atoms with Crippen LogP contribution in [0.5, 0.6) is 0 Å². The van der Waals surface area contributed by atoms with Crippen molar-refractivity contribution in [3.63, 3.8) is 0 Å². The molecule has 0 spiro atoms. The van der Waals surface area contributed by atoms with Gasteiger partial charge >= 0.3 is 29.6 Å². The smallest absolute Gasteiger partial charge is 0.548 e. The molecule has 0 radical (unpaired) electrons. The molecule has 0 aliphatic heterocycles. The molecule has 0 aromatic heterocycles. The average Bonchev–Trinajstić information content (AvgIpc) is 2.75. The van der Waals surface area contributed by atoms with E-state index in [0.29, 0.717) is 6.42 Å². The number of nitrogens with one attached hydrogen (secondary N) is 1. The Morgan fingerprint density at radius 1 is 0.742 bits per heavy atom. The van der Waals surface area contributed by atoms with E-state index in [4.69, 9.17) is 0 Å². The van der Waals surface area contributed by atoms with Crippen LogP contribution in [0.15, 0.2) is 30.3 Å². The fourth-order valence-electron chi connectivity index (χ4n) is 4.04. The van der Waals surface area contributed by atoms with E-state index in [1.54, 1.807) is 0 Å². The largest absolute Gasteiger partial charge is 1.00 e. The van der Waals surface area contributed by atoms with Crippen molar-refractivity contribution in [2.75, 3.05) is 6.54 Å². The normalized spacial score (nSPS) is 11.8. The van der Waals surface area contributed by atoms with Gasteiger partial charge in [-0.15, -0.1) is 0 Å². The maximum Gasteiger partial charge on any atom is 1.00 e. The van der Waals surface area contributed by atoms with Crippen LogP contribution in [0.3, 0.4) is 0 Å². The molecule has 1 aromatic rings. The zero-order valence-electron chi connectivity index (χ0n) is 20.5. The summed E-state index contributed by atoms with van der Waals surface area (Å²) < 4.78 is 0. The summed E-state index contributed by atoms with van der Waals surface area (Å²) in [5, 5.41) is 14.5. The number of rotatable bonds is 21. The number of carboxylic acid groups (broad SMARTS) is 1. The van der Waals surface area contributed by atoms with Crippen molar-refractivity contribution in [1.82, 2.24) is 5.32 Å². The maximum atomic E-state index is 11.3. The van der Waals surface area contributed by atoms with Crippen molar-refractivity contribution >= 4 is 5.97 Å². The van der Waals surface area contributed by atoms with Crippen molar-refractivity contribution in [2.24, 2.45) is 0 Å².